The highest BCUT2D eigenvalue weighted by atomic mass is 32.2. The summed E-state index contributed by atoms with van der Waals surface area (Å²) in [5.41, 5.74) is 6.42. The molecule has 0 saturated carbocycles. The van der Waals surface area contributed by atoms with E-state index in [-0.39, 0.29) is 11.1 Å². The maximum atomic E-state index is 10.7. The zero-order valence-corrected chi connectivity index (χ0v) is 12.1. The largest absolute Gasteiger partial charge is 0.291 e. The predicted octanol–water partition coefficient (Wildman–Crippen LogP) is 3.60. The van der Waals surface area contributed by atoms with Crippen molar-refractivity contribution in [2.75, 3.05) is 0 Å². The topological polar surface area (TPSA) is 67.5 Å². The molecular formula is C15H13N3O2S. The van der Waals surface area contributed by atoms with Gasteiger partial charge in [0.15, 0.2) is 0 Å². The molecule has 1 atom stereocenters. The Kier molecular flexibility index (Phi) is 3.62. The van der Waals surface area contributed by atoms with Crippen LogP contribution in [0.25, 0.3) is 0 Å². The van der Waals surface area contributed by atoms with E-state index >= 15 is 0 Å². The fraction of sp³-hybridized carbons (Fsp3) is 0.133. The van der Waals surface area contributed by atoms with Gasteiger partial charge in [0.05, 0.1) is 4.92 Å². The van der Waals surface area contributed by atoms with Crippen LogP contribution in [0.15, 0.2) is 53.6 Å². The van der Waals surface area contributed by atoms with Crippen molar-refractivity contribution >= 4 is 22.5 Å². The van der Waals surface area contributed by atoms with Gasteiger partial charge < -0.3 is 0 Å². The quantitative estimate of drug-likeness (QED) is 0.694. The molecule has 5 nitrogen and oxygen atoms in total. The van der Waals surface area contributed by atoms with Crippen LogP contribution < -0.4 is 5.43 Å². The van der Waals surface area contributed by atoms with Gasteiger partial charge in [-0.2, -0.15) is 5.10 Å². The second kappa shape index (κ2) is 5.57. The zero-order valence-electron chi connectivity index (χ0n) is 11.3. The van der Waals surface area contributed by atoms with Crippen LogP contribution in [0, 0.1) is 17.0 Å². The van der Waals surface area contributed by atoms with E-state index < -0.39 is 4.92 Å². The second-order valence-electron chi connectivity index (χ2n) is 4.76. The smallest absolute Gasteiger partial charge is 0.269 e. The summed E-state index contributed by atoms with van der Waals surface area (Å²) in [7, 11) is 0. The van der Waals surface area contributed by atoms with E-state index in [0.29, 0.717) is 0 Å². The van der Waals surface area contributed by atoms with Crippen LogP contribution in [0.3, 0.4) is 0 Å². The van der Waals surface area contributed by atoms with Crippen molar-refractivity contribution in [1.29, 1.82) is 0 Å². The minimum atomic E-state index is -0.396. The molecule has 0 aliphatic carbocycles. The first-order valence-electron chi connectivity index (χ1n) is 6.45. The fourth-order valence-electron chi connectivity index (χ4n) is 2.02. The summed E-state index contributed by atoms with van der Waals surface area (Å²) in [5, 5.41) is 15.9. The summed E-state index contributed by atoms with van der Waals surface area (Å²) in [6.07, 6.45) is 0. The van der Waals surface area contributed by atoms with Gasteiger partial charge in [-0.15, -0.1) is 0 Å². The molecule has 1 aliphatic heterocycles. The molecule has 3 rings (SSSR count). The lowest BCUT2D eigenvalue weighted by molar-refractivity contribution is -0.384. The number of hydrogen-bond acceptors (Lipinski definition) is 5. The standard InChI is InChI=1S/C15H13N3O2S/c1-10-2-4-11(5-3-10)14-16-17-15(21-14)12-6-8-13(9-7-12)18(19)20/h2-9,15,17H,1H3/t15-/m0/s1. The average molecular weight is 299 g/mol. The molecule has 0 aromatic heterocycles. The predicted molar refractivity (Wildman–Crippen MR) is 84.3 cm³/mol. The molecule has 1 aliphatic rings. The number of benzene rings is 2. The summed E-state index contributed by atoms with van der Waals surface area (Å²) >= 11 is 1.61. The van der Waals surface area contributed by atoms with Gasteiger partial charge in [0.2, 0.25) is 0 Å². The highest BCUT2D eigenvalue weighted by Crippen LogP contribution is 2.34. The Bertz CT molecular complexity index is 696. The number of hydrogen-bond donors (Lipinski definition) is 1. The zero-order chi connectivity index (χ0) is 14.8. The number of nitro groups is 1. The molecular weight excluding hydrogens is 286 g/mol. The van der Waals surface area contributed by atoms with Gasteiger partial charge in [0, 0.05) is 17.7 Å². The summed E-state index contributed by atoms with van der Waals surface area (Å²) < 4.78 is 0. The Labute approximate surface area is 126 Å². The van der Waals surface area contributed by atoms with Crippen LogP contribution in [-0.4, -0.2) is 9.97 Å². The average Bonchev–Trinajstić information content (AvgIpc) is 2.98. The summed E-state index contributed by atoms with van der Waals surface area (Å²) in [6, 6.07) is 14.7. The van der Waals surface area contributed by atoms with Crippen molar-refractivity contribution in [3.63, 3.8) is 0 Å². The maximum absolute atomic E-state index is 10.7. The number of nitrogens with zero attached hydrogens (tertiary/aromatic N) is 2. The van der Waals surface area contributed by atoms with E-state index in [1.54, 1.807) is 23.9 Å². The van der Waals surface area contributed by atoms with Crippen molar-refractivity contribution in [2.24, 2.45) is 5.10 Å². The molecule has 2 aromatic carbocycles. The molecule has 1 N–H and O–H groups in total. The van der Waals surface area contributed by atoms with Gasteiger partial charge in [-0.3, -0.25) is 15.5 Å². The first-order valence-corrected chi connectivity index (χ1v) is 7.33. The molecule has 0 bridgehead atoms. The molecule has 21 heavy (non-hydrogen) atoms. The summed E-state index contributed by atoms with van der Waals surface area (Å²) in [5.74, 6) is 0. The van der Waals surface area contributed by atoms with E-state index in [9.17, 15) is 10.1 Å². The lowest BCUT2D eigenvalue weighted by Gasteiger charge is -2.09. The van der Waals surface area contributed by atoms with E-state index in [1.165, 1.54) is 17.7 Å². The minimum absolute atomic E-state index is 0.0119. The van der Waals surface area contributed by atoms with E-state index in [4.69, 9.17) is 0 Å². The lowest BCUT2D eigenvalue weighted by Crippen LogP contribution is -2.06. The Morgan fingerprint density at radius 2 is 1.81 bits per heavy atom. The summed E-state index contributed by atoms with van der Waals surface area (Å²) in [4.78, 5) is 10.3. The minimum Gasteiger partial charge on any atom is -0.291 e. The molecule has 0 spiro atoms. The highest BCUT2D eigenvalue weighted by Gasteiger charge is 2.22. The van der Waals surface area contributed by atoms with Gasteiger partial charge >= 0.3 is 0 Å². The van der Waals surface area contributed by atoms with E-state index in [0.717, 1.165) is 16.2 Å². The Morgan fingerprint density at radius 1 is 1.14 bits per heavy atom. The van der Waals surface area contributed by atoms with E-state index in [2.05, 4.69) is 22.7 Å². The Morgan fingerprint density at radius 3 is 2.43 bits per heavy atom. The molecule has 0 saturated heterocycles. The van der Waals surface area contributed by atoms with Gasteiger partial charge in [-0.1, -0.05) is 41.6 Å². The molecule has 0 amide bonds. The first kappa shape index (κ1) is 13.6. The first-order chi connectivity index (χ1) is 10.1. The lowest BCUT2D eigenvalue weighted by atomic mass is 10.2. The third kappa shape index (κ3) is 2.90. The SMILES string of the molecule is Cc1ccc(C2=NN[C@H](c3ccc([N+](=O)[O-])cc3)S2)cc1. The van der Waals surface area contributed by atoms with Gasteiger partial charge in [0.25, 0.3) is 5.69 Å². The molecule has 0 fully saturated rings. The van der Waals surface area contributed by atoms with Crippen molar-refractivity contribution in [2.45, 2.75) is 12.3 Å². The van der Waals surface area contributed by atoms with Crippen molar-refractivity contribution < 1.29 is 4.92 Å². The van der Waals surface area contributed by atoms with Crippen LogP contribution in [0.2, 0.25) is 0 Å². The number of rotatable bonds is 3. The van der Waals surface area contributed by atoms with Crippen LogP contribution >= 0.6 is 11.8 Å². The molecule has 1 heterocycles. The maximum Gasteiger partial charge on any atom is 0.269 e. The highest BCUT2D eigenvalue weighted by molar-refractivity contribution is 8.14. The van der Waals surface area contributed by atoms with Crippen LogP contribution in [0.5, 0.6) is 0 Å². The van der Waals surface area contributed by atoms with Gasteiger partial charge in [-0.05, 0) is 24.6 Å². The number of hydrazone groups is 1. The monoisotopic (exact) mass is 299 g/mol. The molecule has 106 valence electrons. The molecule has 0 unspecified atom stereocenters. The van der Waals surface area contributed by atoms with Crippen LogP contribution in [-0.2, 0) is 0 Å². The molecule has 2 aromatic rings. The number of nitro benzene ring substituents is 1. The molecule has 6 heteroatoms. The van der Waals surface area contributed by atoms with Crippen molar-refractivity contribution in [1.82, 2.24) is 5.43 Å². The number of nitrogens with one attached hydrogen (secondary N) is 1. The molecule has 0 radical (unpaired) electrons. The van der Waals surface area contributed by atoms with Crippen LogP contribution in [0.1, 0.15) is 22.1 Å². The second-order valence-corrected chi connectivity index (χ2v) is 5.85. The third-order valence-corrected chi connectivity index (χ3v) is 4.38. The number of non-ortho nitro benzene ring substituents is 1. The number of thioether (sulfide) groups is 1. The van der Waals surface area contributed by atoms with Crippen molar-refractivity contribution in [3.8, 4) is 0 Å². The Balaban J connectivity index is 1.73. The normalized spacial score (nSPS) is 17.2. The van der Waals surface area contributed by atoms with Gasteiger partial charge in [-0.25, -0.2) is 0 Å². The van der Waals surface area contributed by atoms with Crippen molar-refractivity contribution in [3.05, 3.63) is 75.3 Å². The fourth-order valence-corrected chi connectivity index (χ4v) is 3.02. The van der Waals surface area contributed by atoms with E-state index in [1.807, 2.05) is 19.1 Å². The Hall–Kier alpha value is -2.34. The van der Waals surface area contributed by atoms with Crippen LogP contribution in [0.4, 0.5) is 5.69 Å². The third-order valence-electron chi connectivity index (χ3n) is 3.22. The number of aryl methyl sites for hydroxylation is 1. The van der Waals surface area contributed by atoms with Gasteiger partial charge in [0.1, 0.15) is 10.4 Å². The summed E-state index contributed by atoms with van der Waals surface area (Å²) in [6.45, 7) is 2.05.